The Morgan fingerprint density at radius 1 is 0.982 bits per heavy atom. The molecule has 5 heterocycles. The number of carbonyl (C=O) groups is 2. The first kappa shape index (κ1) is 37.9. The molecule has 55 heavy (non-hydrogen) atoms. The van der Waals surface area contributed by atoms with Crippen LogP contribution in [0, 0.1) is 0 Å². The molecule has 2 aliphatic rings. The molecule has 0 radical (unpaired) electrons. The third-order valence-corrected chi connectivity index (χ3v) is 10.5. The molecule has 2 aliphatic heterocycles. The molecule has 7 rings (SSSR count). The first-order valence-electron chi connectivity index (χ1n) is 19.3. The highest BCUT2D eigenvalue weighted by Gasteiger charge is 2.27. The number of nitrogens with two attached hydrogens (primary N) is 1. The van der Waals surface area contributed by atoms with E-state index in [9.17, 15) is 9.59 Å². The van der Waals surface area contributed by atoms with Gasteiger partial charge in [-0.2, -0.15) is 5.10 Å². The number of hydrogen-bond acceptors (Lipinski definition) is 10. The second-order valence-corrected chi connectivity index (χ2v) is 14.2. The quantitative estimate of drug-likeness (QED) is 0.141. The van der Waals surface area contributed by atoms with Crippen LogP contribution in [0.2, 0.25) is 0 Å². The van der Waals surface area contributed by atoms with E-state index in [-0.39, 0.29) is 36.4 Å². The molecule has 0 spiro atoms. The summed E-state index contributed by atoms with van der Waals surface area (Å²) >= 11 is 0. The maximum atomic E-state index is 14.7. The van der Waals surface area contributed by atoms with Crippen molar-refractivity contribution in [1.29, 1.82) is 0 Å². The van der Waals surface area contributed by atoms with Crippen molar-refractivity contribution in [3.8, 4) is 16.9 Å². The Kier molecular flexibility index (Phi) is 12.0. The van der Waals surface area contributed by atoms with Crippen LogP contribution >= 0.6 is 0 Å². The molecular formula is C42H51N9O4. The van der Waals surface area contributed by atoms with E-state index in [1.165, 1.54) is 11.6 Å². The molecule has 4 N–H and O–H groups in total. The average Bonchev–Trinajstić information content (AvgIpc) is 3.64. The second kappa shape index (κ2) is 17.4. The minimum Gasteiger partial charge on any atom is -0.496 e. The lowest BCUT2D eigenvalue weighted by Gasteiger charge is -2.29. The van der Waals surface area contributed by atoms with Gasteiger partial charge in [0, 0.05) is 81.9 Å². The highest BCUT2D eigenvalue weighted by atomic mass is 16.5. The van der Waals surface area contributed by atoms with Crippen LogP contribution in [0.5, 0.6) is 5.75 Å². The number of piperazine rings is 1. The van der Waals surface area contributed by atoms with Gasteiger partial charge >= 0.3 is 0 Å². The topological polar surface area (TPSA) is 153 Å². The van der Waals surface area contributed by atoms with Gasteiger partial charge in [-0.05, 0) is 73.2 Å². The number of rotatable bonds is 14. The number of benzene rings is 2. The summed E-state index contributed by atoms with van der Waals surface area (Å²) in [5, 5.41) is 12.9. The fraction of sp³-hybridized carbons (Fsp3) is 0.405. The number of pyridine rings is 2. The zero-order valence-electron chi connectivity index (χ0n) is 32.0. The molecule has 0 atom stereocenters. The molecular weight excluding hydrogens is 695 g/mol. The summed E-state index contributed by atoms with van der Waals surface area (Å²) in [6.45, 7) is 11.6. The number of primary amides is 1. The number of anilines is 1. The number of nitrogens with zero attached hydrogens (tertiary/aromatic N) is 6. The smallest absolute Gasteiger partial charge is 0.273 e. The van der Waals surface area contributed by atoms with Crippen LogP contribution in [-0.2, 0) is 37.3 Å². The van der Waals surface area contributed by atoms with Gasteiger partial charge in [-0.25, -0.2) is 14.6 Å². The Morgan fingerprint density at radius 2 is 1.76 bits per heavy atom. The van der Waals surface area contributed by atoms with Crippen molar-refractivity contribution in [2.45, 2.75) is 65.3 Å². The van der Waals surface area contributed by atoms with Gasteiger partial charge in [0.1, 0.15) is 17.1 Å². The van der Waals surface area contributed by atoms with E-state index in [0.717, 1.165) is 96.0 Å². The SMILES string of the molecule is CCc1nc2c(cnn2CC)c(NC2CCOCC2)c1CN(Cc1ccc(OC)c(-c2cccc(CN3CCNCC3)c2)c1)C(=O)c1cccc(C(N)=O)n1. The highest BCUT2D eigenvalue weighted by Crippen LogP contribution is 2.35. The van der Waals surface area contributed by atoms with Crippen molar-refractivity contribution in [3.05, 3.63) is 101 Å². The second-order valence-electron chi connectivity index (χ2n) is 14.2. The van der Waals surface area contributed by atoms with Gasteiger partial charge in [-0.15, -0.1) is 0 Å². The lowest BCUT2D eigenvalue weighted by atomic mass is 9.99. The Morgan fingerprint density at radius 3 is 2.51 bits per heavy atom. The Labute approximate surface area is 322 Å². The van der Waals surface area contributed by atoms with Crippen molar-refractivity contribution < 1.29 is 19.1 Å². The molecule has 0 saturated carbocycles. The summed E-state index contributed by atoms with van der Waals surface area (Å²) in [7, 11) is 1.68. The number of hydrogen-bond donors (Lipinski definition) is 3. The number of aryl methyl sites for hydroxylation is 2. The molecule has 13 nitrogen and oxygen atoms in total. The van der Waals surface area contributed by atoms with Gasteiger partial charge in [-0.1, -0.05) is 37.3 Å². The Balaban J connectivity index is 1.29. The van der Waals surface area contributed by atoms with Gasteiger partial charge in [0.2, 0.25) is 0 Å². The van der Waals surface area contributed by atoms with Crippen LogP contribution in [0.4, 0.5) is 5.69 Å². The lowest BCUT2D eigenvalue weighted by Crippen LogP contribution is -2.42. The van der Waals surface area contributed by atoms with Crippen LogP contribution in [0.1, 0.15) is 70.1 Å². The first-order valence-corrected chi connectivity index (χ1v) is 19.3. The van der Waals surface area contributed by atoms with Gasteiger partial charge in [-0.3, -0.25) is 14.5 Å². The maximum absolute atomic E-state index is 14.7. The molecule has 0 aliphatic carbocycles. The standard InChI is InChI=1S/C42H51N9O4/c1-4-35-34(39(46-31-14-20-55-21-15-31)33-24-45-51(5-2)41(33)48-35)27-50(42(53)37-11-7-10-36(47-37)40(43)52)26-29-12-13-38(54-3)32(23-29)30-9-6-8-28(22-30)25-49-18-16-44-17-19-49/h6-13,22-24,31,44H,4-5,14-21,25-27H2,1-3H3,(H2,43,52)(H,46,48). The minimum absolute atomic E-state index is 0.0319. The molecule has 5 aromatic rings. The normalized spacial score (nSPS) is 15.3. The van der Waals surface area contributed by atoms with Crippen LogP contribution in [0.15, 0.2) is 66.9 Å². The summed E-state index contributed by atoms with van der Waals surface area (Å²) in [5.74, 6) is -0.281. The highest BCUT2D eigenvalue weighted by molar-refractivity contribution is 5.96. The molecule has 2 fully saturated rings. The van der Waals surface area contributed by atoms with Crippen molar-refractivity contribution in [2.75, 3.05) is 51.8 Å². The summed E-state index contributed by atoms with van der Waals surface area (Å²) < 4.78 is 13.5. The van der Waals surface area contributed by atoms with Gasteiger partial charge in [0.15, 0.2) is 5.65 Å². The number of ether oxygens (including phenoxy) is 2. The zero-order chi connectivity index (χ0) is 38.3. The van der Waals surface area contributed by atoms with Crippen LogP contribution in [-0.4, -0.2) is 93.9 Å². The molecule has 3 aromatic heterocycles. The number of amides is 2. The maximum Gasteiger partial charge on any atom is 0.273 e. The van der Waals surface area contributed by atoms with Gasteiger partial charge in [0.25, 0.3) is 11.8 Å². The summed E-state index contributed by atoms with van der Waals surface area (Å²) in [5.41, 5.74) is 13.4. The van der Waals surface area contributed by atoms with Crippen molar-refractivity contribution in [3.63, 3.8) is 0 Å². The molecule has 0 unspecified atom stereocenters. The minimum atomic E-state index is -0.695. The van der Waals surface area contributed by atoms with Crippen LogP contribution in [0.3, 0.4) is 0 Å². The molecule has 2 amide bonds. The molecule has 2 aromatic carbocycles. The lowest BCUT2D eigenvalue weighted by molar-refractivity contribution is 0.0723. The van der Waals surface area contributed by atoms with Gasteiger partial charge < -0.3 is 30.7 Å². The van der Waals surface area contributed by atoms with Crippen molar-refractivity contribution in [1.82, 2.24) is 34.9 Å². The number of aromatic nitrogens is 4. The average molecular weight is 746 g/mol. The molecule has 2 saturated heterocycles. The molecule has 0 bridgehead atoms. The fourth-order valence-corrected chi connectivity index (χ4v) is 7.59. The van der Waals surface area contributed by atoms with E-state index in [1.54, 1.807) is 24.1 Å². The van der Waals surface area contributed by atoms with Crippen molar-refractivity contribution in [2.24, 2.45) is 5.73 Å². The third kappa shape index (κ3) is 8.64. The van der Waals surface area contributed by atoms with E-state index < -0.39 is 5.91 Å². The van der Waals surface area contributed by atoms with E-state index in [0.29, 0.717) is 26.2 Å². The fourth-order valence-electron chi connectivity index (χ4n) is 7.59. The summed E-state index contributed by atoms with van der Waals surface area (Å²) in [4.78, 5) is 40.6. The molecule has 13 heteroatoms. The van der Waals surface area contributed by atoms with E-state index in [2.05, 4.69) is 69.8 Å². The van der Waals surface area contributed by atoms with E-state index >= 15 is 0 Å². The van der Waals surface area contributed by atoms with E-state index in [4.69, 9.17) is 20.2 Å². The van der Waals surface area contributed by atoms with E-state index in [1.807, 2.05) is 23.0 Å². The van der Waals surface area contributed by atoms with Crippen LogP contribution < -0.4 is 21.1 Å². The number of carbonyl (C=O) groups excluding carboxylic acids is 2. The first-order chi connectivity index (χ1) is 26.8. The van der Waals surface area contributed by atoms with Gasteiger partial charge in [0.05, 0.1) is 30.9 Å². The summed E-state index contributed by atoms with van der Waals surface area (Å²) in [6.07, 6.45) is 4.25. The zero-order valence-corrected chi connectivity index (χ0v) is 32.0. The number of methoxy groups -OCH3 is 1. The third-order valence-electron chi connectivity index (χ3n) is 10.5. The van der Waals surface area contributed by atoms with Crippen LogP contribution in [0.25, 0.3) is 22.2 Å². The van der Waals surface area contributed by atoms with Crippen molar-refractivity contribution >= 4 is 28.5 Å². The largest absolute Gasteiger partial charge is 0.496 e. The Bertz CT molecular complexity index is 2140. The predicted octanol–water partition coefficient (Wildman–Crippen LogP) is 5.02. The summed E-state index contributed by atoms with van der Waals surface area (Å²) in [6, 6.07) is 19.6. The monoisotopic (exact) mass is 745 g/mol. The number of nitrogens with one attached hydrogen (secondary N) is 2. The predicted molar refractivity (Wildman–Crippen MR) is 213 cm³/mol. The number of fused-ring (bicyclic) bond motifs is 1. The molecule has 288 valence electrons. The Hall–Kier alpha value is -5.37.